The first kappa shape index (κ1) is 15.4. The second-order valence-electron chi connectivity index (χ2n) is 4.63. The summed E-state index contributed by atoms with van der Waals surface area (Å²) in [5.41, 5.74) is 8.71. The van der Waals surface area contributed by atoms with Crippen LogP contribution in [0.5, 0.6) is 0 Å². The van der Waals surface area contributed by atoms with Gasteiger partial charge in [-0.2, -0.15) is 5.10 Å². The Balaban J connectivity index is 2.32. The largest absolute Gasteiger partial charge is 0.462 e. The number of carbonyl (C=O) groups excluding carboxylic acids is 1. The van der Waals surface area contributed by atoms with Crippen LogP contribution >= 0.6 is 11.8 Å². The van der Waals surface area contributed by atoms with Crippen molar-refractivity contribution in [3.05, 3.63) is 41.0 Å². The molecule has 2 rings (SSSR count). The molecule has 0 amide bonds. The summed E-state index contributed by atoms with van der Waals surface area (Å²) < 4.78 is 6.69. The summed E-state index contributed by atoms with van der Waals surface area (Å²) in [6.07, 6.45) is 1.86. The number of nitrogen functional groups attached to an aromatic ring is 1. The van der Waals surface area contributed by atoms with Gasteiger partial charge < -0.3 is 10.5 Å². The predicted octanol–water partition coefficient (Wildman–Crippen LogP) is 2.72. The third-order valence-corrected chi connectivity index (χ3v) is 3.76. The van der Waals surface area contributed by atoms with Crippen LogP contribution in [0.15, 0.2) is 29.3 Å². The van der Waals surface area contributed by atoms with Crippen molar-refractivity contribution in [2.75, 3.05) is 18.6 Å². The fraction of sp³-hybridized carbons (Fsp3) is 0.333. The van der Waals surface area contributed by atoms with Crippen molar-refractivity contribution >= 4 is 23.5 Å². The molecule has 1 heterocycles. The lowest BCUT2D eigenvalue weighted by molar-refractivity contribution is 0.0523. The van der Waals surface area contributed by atoms with E-state index in [9.17, 15) is 4.79 Å². The summed E-state index contributed by atoms with van der Waals surface area (Å²) in [4.78, 5) is 12.0. The maximum Gasteiger partial charge on any atom is 0.344 e. The van der Waals surface area contributed by atoms with E-state index in [0.29, 0.717) is 29.6 Å². The molecule has 0 fully saturated rings. The van der Waals surface area contributed by atoms with Crippen LogP contribution in [-0.4, -0.2) is 28.6 Å². The van der Waals surface area contributed by atoms with Gasteiger partial charge in [0.2, 0.25) is 0 Å². The summed E-state index contributed by atoms with van der Waals surface area (Å²) in [7, 11) is 0. The monoisotopic (exact) mass is 305 g/mol. The van der Waals surface area contributed by atoms with Crippen molar-refractivity contribution < 1.29 is 9.53 Å². The van der Waals surface area contributed by atoms with Crippen LogP contribution in [0, 0.1) is 6.92 Å². The summed E-state index contributed by atoms with van der Waals surface area (Å²) in [5.74, 6) is -0.0760. The first-order valence-electron chi connectivity index (χ1n) is 6.69. The third-order valence-electron chi connectivity index (χ3n) is 3.09. The SMILES string of the molecule is CCOC(=O)c1c(SC)nn(Cc2ccc(C)cc2)c1N. The zero-order valence-corrected chi connectivity index (χ0v) is 13.2. The van der Waals surface area contributed by atoms with Gasteiger partial charge in [-0.15, -0.1) is 11.8 Å². The molecule has 0 saturated carbocycles. The number of nitrogens with zero attached hydrogens (tertiary/aromatic N) is 2. The molecule has 0 aliphatic heterocycles. The van der Waals surface area contributed by atoms with Crippen molar-refractivity contribution in [1.82, 2.24) is 9.78 Å². The second kappa shape index (κ2) is 6.67. The lowest BCUT2D eigenvalue weighted by Crippen LogP contribution is -2.10. The minimum atomic E-state index is -0.422. The second-order valence-corrected chi connectivity index (χ2v) is 5.43. The van der Waals surface area contributed by atoms with Gasteiger partial charge in [0.1, 0.15) is 16.4 Å². The number of rotatable bonds is 5. The van der Waals surface area contributed by atoms with E-state index in [-0.39, 0.29) is 0 Å². The average molecular weight is 305 g/mol. The normalized spacial score (nSPS) is 10.6. The molecule has 112 valence electrons. The number of esters is 1. The Morgan fingerprint density at radius 3 is 2.62 bits per heavy atom. The van der Waals surface area contributed by atoms with Crippen LogP contribution in [0.2, 0.25) is 0 Å². The van der Waals surface area contributed by atoms with Crippen LogP contribution in [0.1, 0.15) is 28.4 Å². The molecule has 0 aliphatic rings. The van der Waals surface area contributed by atoms with Gasteiger partial charge in [0, 0.05) is 0 Å². The Morgan fingerprint density at radius 1 is 1.38 bits per heavy atom. The minimum Gasteiger partial charge on any atom is -0.462 e. The van der Waals surface area contributed by atoms with Gasteiger partial charge >= 0.3 is 5.97 Å². The van der Waals surface area contributed by atoms with Gasteiger partial charge in [-0.3, -0.25) is 0 Å². The van der Waals surface area contributed by atoms with Crippen LogP contribution in [0.4, 0.5) is 5.82 Å². The van der Waals surface area contributed by atoms with E-state index in [2.05, 4.69) is 5.10 Å². The Kier molecular flexibility index (Phi) is 4.90. The van der Waals surface area contributed by atoms with Crippen molar-refractivity contribution in [1.29, 1.82) is 0 Å². The number of aromatic nitrogens is 2. The molecular formula is C15H19N3O2S. The number of ether oxygens (including phenoxy) is 1. The number of hydrogen-bond acceptors (Lipinski definition) is 5. The van der Waals surface area contributed by atoms with Crippen molar-refractivity contribution in [3.63, 3.8) is 0 Å². The maximum atomic E-state index is 12.0. The van der Waals surface area contributed by atoms with Gasteiger partial charge in [0.25, 0.3) is 0 Å². The standard InChI is InChI=1S/C15H19N3O2S/c1-4-20-15(19)12-13(16)18(17-14(12)21-3)9-11-7-5-10(2)6-8-11/h5-8H,4,9,16H2,1-3H3. The van der Waals surface area contributed by atoms with E-state index in [0.717, 1.165) is 5.56 Å². The first-order valence-corrected chi connectivity index (χ1v) is 7.92. The van der Waals surface area contributed by atoms with E-state index < -0.39 is 5.97 Å². The van der Waals surface area contributed by atoms with Gasteiger partial charge in [0.15, 0.2) is 0 Å². The highest BCUT2D eigenvalue weighted by Gasteiger charge is 2.22. The predicted molar refractivity (Wildman–Crippen MR) is 84.7 cm³/mol. The average Bonchev–Trinajstić information content (AvgIpc) is 2.78. The van der Waals surface area contributed by atoms with Gasteiger partial charge in [-0.1, -0.05) is 29.8 Å². The van der Waals surface area contributed by atoms with Gasteiger partial charge in [-0.05, 0) is 25.7 Å². The fourth-order valence-corrected chi connectivity index (χ4v) is 2.55. The quantitative estimate of drug-likeness (QED) is 0.679. The number of thioether (sulfide) groups is 1. The maximum absolute atomic E-state index is 12.0. The summed E-state index contributed by atoms with van der Waals surface area (Å²) in [6, 6.07) is 8.13. The van der Waals surface area contributed by atoms with E-state index in [1.54, 1.807) is 11.6 Å². The molecule has 0 aliphatic carbocycles. The van der Waals surface area contributed by atoms with E-state index in [1.807, 2.05) is 37.4 Å². The number of carbonyl (C=O) groups is 1. The lowest BCUT2D eigenvalue weighted by Gasteiger charge is -2.05. The number of anilines is 1. The third kappa shape index (κ3) is 3.39. The highest BCUT2D eigenvalue weighted by atomic mass is 32.2. The Labute approximate surface area is 128 Å². The highest BCUT2D eigenvalue weighted by Crippen LogP contribution is 2.26. The van der Waals surface area contributed by atoms with Crippen LogP contribution < -0.4 is 5.73 Å². The molecule has 2 N–H and O–H groups in total. The number of hydrogen-bond donors (Lipinski definition) is 1. The molecule has 1 aromatic heterocycles. The Bertz CT molecular complexity index is 635. The van der Waals surface area contributed by atoms with Gasteiger partial charge in [0.05, 0.1) is 13.2 Å². The molecule has 0 unspecified atom stereocenters. The fourth-order valence-electron chi connectivity index (χ4n) is 1.98. The van der Waals surface area contributed by atoms with E-state index in [1.165, 1.54) is 17.3 Å². The van der Waals surface area contributed by atoms with Crippen molar-refractivity contribution in [2.24, 2.45) is 0 Å². The number of nitrogens with two attached hydrogens (primary N) is 1. The van der Waals surface area contributed by atoms with E-state index >= 15 is 0 Å². The summed E-state index contributed by atoms with van der Waals surface area (Å²) in [5, 5.41) is 5.00. The molecule has 6 heteroatoms. The molecule has 21 heavy (non-hydrogen) atoms. The smallest absolute Gasteiger partial charge is 0.344 e. The van der Waals surface area contributed by atoms with E-state index in [4.69, 9.17) is 10.5 Å². The Morgan fingerprint density at radius 2 is 2.05 bits per heavy atom. The molecule has 2 aromatic rings. The topological polar surface area (TPSA) is 70.1 Å². The van der Waals surface area contributed by atoms with Crippen molar-refractivity contribution in [2.45, 2.75) is 25.4 Å². The zero-order valence-electron chi connectivity index (χ0n) is 12.4. The molecule has 0 spiro atoms. The van der Waals surface area contributed by atoms with Gasteiger partial charge in [-0.25, -0.2) is 9.48 Å². The zero-order chi connectivity index (χ0) is 15.4. The minimum absolute atomic E-state index is 0.315. The molecule has 0 radical (unpaired) electrons. The first-order chi connectivity index (χ1) is 10.1. The molecular weight excluding hydrogens is 286 g/mol. The highest BCUT2D eigenvalue weighted by molar-refractivity contribution is 7.98. The van der Waals surface area contributed by atoms with Crippen LogP contribution in [0.3, 0.4) is 0 Å². The van der Waals surface area contributed by atoms with Crippen molar-refractivity contribution in [3.8, 4) is 0 Å². The molecule has 0 bridgehead atoms. The molecule has 5 nitrogen and oxygen atoms in total. The van der Waals surface area contributed by atoms with Crippen LogP contribution in [0.25, 0.3) is 0 Å². The summed E-state index contributed by atoms with van der Waals surface area (Å²) >= 11 is 1.38. The van der Waals surface area contributed by atoms with Crippen LogP contribution in [-0.2, 0) is 11.3 Å². The Hall–Kier alpha value is -1.95. The molecule has 0 saturated heterocycles. The number of aryl methyl sites for hydroxylation is 1. The lowest BCUT2D eigenvalue weighted by atomic mass is 10.1. The number of benzene rings is 1. The molecule has 0 atom stereocenters. The summed E-state index contributed by atoms with van der Waals surface area (Å²) in [6.45, 7) is 4.65. The molecule has 1 aromatic carbocycles.